The Morgan fingerprint density at radius 1 is 0.968 bits per heavy atom. The number of benzene rings is 2. The van der Waals surface area contributed by atoms with E-state index in [2.05, 4.69) is 42.6 Å². The summed E-state index contributed by atoms with van der Waals surface area (Å²) in [4.78, 5) is 28.0. The van der Waals surface area contributed by atoms with E-state index >= 15 is 0 Å². The van der Waals surface area contributed by atoms with Gasteiger partial charge in [-0.3, -0.25) is 9.59 Å². The van der Waals surface area contributed by atoms with E-state index in [1.165, 1.54) is 11.1 Å². The van der Waals surface area contributed by atoms with E-state index in [-0.39, 0.29) is 17.9 Å². The molecule has 0 saturated heterocycles. The van der Waals surface area contributed by atoms with Crippen molar-refractivity contribution in [3.05, 3.63) is 70.8 Å². The van der Waals surface area contributed by atoms with Gasteiger partial charge in [-0.2, -0.15) is 0 Å². The molecule has 168 valence electrons. The Kier molecular flexibility index (Phi) is 10.1. The fraction of sp³-hybridized carbons (Fsp3) is 0.462. The standard InChI is InChI=1S/C26H36N2O2S/c1-6-21(5)27-26(30)24(7-2)28(16-23-10-8-9-20(4)15-23)25(29)18-31-17-22-13-11-19(3)12-14-22/h8-15,21,24H,6-7,16-18H2,1-5H3,(H,27,30)/t21-,24+/m1/s1. The van der Waals surface area contributed by atoms with Crippen LogP contribution in [-0.4, -0.2) is 34.6 Å². The molecule has 0 aliphatic rings. The van der Waals surface area contributed by atoms with Gasteiger partial charge in [-0.05, 0) is 44.7 Å². The van der Waals surface area contributed by atoms with Crippen LogP contribution in [0.4, 0.5) is 0 Å². The minimum atomic E-state index is -0.470. The number of carbonyl (C=O) groups is 2. The molecule has 4 nitrogen and oxygen atoms in total. The predicted molar refractivity (Wildman–Crippen MR) is 131 cm³/mol. The number of rotatable bonds is 11. The molecule has 2 atom stereocenters. The largest absolute Gasteiger partial charge is 0.352 e. The highest BCUT2D eigenvalue weighted by atomic mass is 32.2. The Balaban J connectivity index is 2.13. The highest BCUT2D eigenvalue weighted by molar-refractivity contribution is 7.99. The van der Waals surface area contributed by atoms with Gasteiger partial charge in [0.05, 0.1) is 5.75 Å². The number of nitrogens with zero attached hydrogens (tertiary/aromatic N) is 1. The normalized spacial score (nSPS) is 12.8. The fourth-order valence-corrected chi connectivity index (χ4v) is 4.26. The van der Waals surface area contributed by atoms with E-state index in [0.717, 1.165) is 23.3 Å². The third-order valence-corrected chi connectivity index (χ3v) is 6.43. The molecule has 5 heteroatoms. The Labute approximate surface area is 191 Å². The zero-order valence-corrected chi connectivity index (χ0v) is 20.3. The molecular weight excluding hydrogens is 404 g/mol. The molecule has 0 aliphatic heterocycles. The van der Waals surface area contributed by atoms with Gasteiger partial charge >= 0.3 is 0 Å². The maximum atomic E-state index is 13.3. The van der Waals surface area contributed by atoms with Gasteiger partial charge in [0.15, 0.2) is 0 Å². The molecule has 0 bridgehead atoms. The average molecular weight is 441 g/mol. The lowest BCUT2D eigenvalue weighted by Gasteiger charge is -2.31. The quantitative estimate of drug-likeness (QED) is 0.519. The SMILES string of the molecule is CC[C@@H](C)NC(=O)[C@H](CC)N(Cc1cccc(C)c1)C(=O)CSCc1ccc(C)cc1. The van der Waals surface area contributed by atoms with Crippen molar-refractivity contribution in [2.24, 2.45) is 0 Å². The van der Waals surface area contributed by atoms with Crippen molar-refractivity contribution >= 4 is 23.6 Å². The lowest BCUT2D eigenvalue weighted by atomic mass is 10.1. The van der Waals surface area contributed by atoms with Crippen molar-refractivity contribution in [1.82, 2.24) is 10.2 Å². The van der Waals surface area contributed by atoms with Crippen LogP contribution in [-0.2, 0) is 21.9 Å². The van der Waals surface area contributed by atoms with E-state index in [1.807, 2.05) is 45.9 Å². The summed E-state index contributed by atoms with van der Waals surface area (Å²) < 4.78 is 0. The first-order valence-electron chi connectivity index (χ1n) is 11.1. The number of thioether (sulfide) groups is 1. The van der Waals surface area contributed by atoms with Gasteiger partial charge in [-0.15, -0.1) is 11.8 Å². The first-order valence-corrected chi connectivity index (χ1v) is 12.3. The van der Waals surface area contributed by atoms with Crippen LogP contribution in [0.5, 0.6) is 0 Å². The number of nitrogens with one attached hydrogen (secondary N) is 1. The van der Waals surface area contributed by atoms with Crippen molar-refractivity contribution in [3.63, 3.8) is 0 Å². The minimum absolute atomic E-state index is 0.00442. The number of hydrogen-bond donors (Lipinski definition) is 1. The average Bonchev–Trinajstić information content (AvgIpc) is 2.74. The molecule has 31 heavy (non-hydrogen) atoms. The zero-order chi connectivity index (χ0) is 22.8. The molecule has 0 aromatic heterocycles. The maximum Gasteiger partial charge on any atom is 0.243 e. The van der Waals surface area contributed by atoms with Crippen LogP contribution in [0.1, 0.15) is 55.9 Å². The smallest absolute Gasteiger partial charge is 0.243 e. The molecule has 0 saturated carbocycles. The van der Waals surface area contributed by atoms with Gasteiger partial charge in [-0.25, -0.2) is 0 Å². The van der Waals surface area contributed by atoms with Gasteiger partial charge in [0.1, 0.15) is 6.04 Å². The fourth-order valence-electron chi connectivity index (χ4n) is 3.39. The van der Waals surface area contributed by atoms with Crippen LogP contribution < -0.4 is 5.32 Å². The monoisotopic (exact) mass is 440 g/mol. The first kappa shape index (κ1) is 25.0. The Bertz CT molecular complexity index is 851. The lowest BCUT2D eigenvalue weighted by Crippen LogP contribution is -2.51. The van der Waals surface area contributed by atoms with E-state index < -0.39 is 6.04 Å². The Morgan fingerprint density at radius 3 is 2.29 bits per heavy atom. The maximum absolute atomic E-state index is 13.3. The van der Waals surface area contributed by atoms with Crippen LogP contribution >= 0.6 is 11.8 Å². The zero-order valence-electron chi connectivity index (χ0n) is 19.5. The number of hydrogen-bond acceptors (Lipinski definition) is 3. The summed E-state index contributed by atoms with van der Waals surface area (Å²) in [6.07, 6.45) is 1.45. The molecule has 0 radical (unpaired) electrons. The van der Waals surface area contributed by atoms with E-state index in [1.54, 1.807) is 16.7 Å². The van der Waals surface area contributed by atoms with Gasteiger partial charge in [0.2, 0.25) is 11.8 Å². The first-order chi connectivity index (χ1) is 14.8. The van der Waals surface area contributed by atoms with Crippen LogP contribution in [0.15, 0.2) is 48.5 Å². The summed E-state index contributed by atoms with van der Waals surface area (Å²) in [6.45, 7) is 10.6. The van der Waals surface area contributed by atoms with Crippen LogP contribution in [0, 0.1) is 13.8 Å². The van der Waals surface area contributed by atoms with E-state index in [0.29, 0.717) is 18.7 Å². The third-order valence-electron chi connectivity index (χ3n) is 5.44. The lowest BCUT2D eigenvalue weighted by molar-refractivity contribution is -0.139. The second kappa shape index (κ2) is 12.6. The summed E-state index contributed by atoms with van der Waals surface area (Å²) in [6, 6.07) is 16.2. The molecule has 0 aliphatic carbocycles. The molecule has 1 N–H and O–H groups in total. The Morgan fingerprint density at radius 2 is 1.68 bits per heavy atom. The molecule has 2 aromatic carbocycles. The van der Waals surface area contributed by atoms with Crippen LogP contribution in [0.2, 0.25) is 0 Å². The number of amides is 2. The predicted octanol–water partition coefficient (Wildman–Crippen LogP) is 5.26. The molecule has 2 rings (SSSR count). The van der Waals surface area contributed by atoms with Gasteiger partial charge in [-0.1, -0.05) is 73.5 Å². The molecule has 0 heterocycles. The van der Waals surface area contributed by atoms with Gasteiger partial charge in [0, 0.05) is 18.3 Å². The molecule has 0 unspecified atom stereocenters. The van der Waals surface area contributed by atoms with Crippen molar-refractivity contribution in [3.8, 4) is 0 Å². The van der Waals surface area contributed by atoms with Crippen LogP contribution in [0.25, 0.3) is 0 Å². The van der Waals surface area contributed by atoms with Crippen molar-refractivity contribution in [1.29, 1.82) is 0 Å². The minimum Gasteiger partial charge on any atom is -0.352 e. The summed E-state index contributed by atoms with van der Waals surface area (Å²) in [5.74, 6) is 1.07. The third kappa shape index (κ3) is 8.06. The molecule has 2 aromatic rings. The van der Waals surface area contributed by atoms with E-state index in [9.17, 15) is 9.59 Å². The molecule has 2 amide bonds. The molecule has 0 fully saturated rings. The summed E-state index contributed by atoms with van der Waals surface area (Å²) in [5, 5.41) is 3.06. The molecular formula is C26H36N2O2S. The number of aryl methyl sites for hydroxylation is 2. The van der Waals surface area contributed by atoms with Crippen LogP contribution in [0.3, 0.4) is 0 Å². The Hall–Kier alpha value is -2.27. The van der Waals surface area contributed by atoms with Crippen molar-refractivity contribution in [2.75, 3.05) is 5.75 Å². The van der Waals surface area contributed by atoms with Crippen molar-refractivity contribution < 1.29 is 9.59 Å². The van der Waals surface area contributed by atoms with E-state index in [4.69, 9.17) is 0 Å². The summed E-state index contributed by atoms with van der Waals surface area (Å²) >= 11 is 1.60. The molecule has 0 spiro atoms. The number of carbonyl (C=O) groups excluding carboxylic acids is 2. The summed E-state index contributed by atoms with van der Waals surface area (Å²) in [5.41, 5.74) is 4.63. The van der Waals surface area contributed by atoms with Gasteiger partial charge < -0.3 is 10.2 Å². The highest BCUT2D eigenvalue weighted by Gasteiger charge is 2.29. The second-order valence-corrected chi connectivity index (χ2v) is 9.22. The topological polar surface area (TPSA) is 49.4 Å². The van der Waals surface area contributed by atoms with Crippen molar-refractivity contribution in [2.45, 2.75) is 71.8 Å². The highest BCUT2D eigenvalue weighted by Crippen LogP contribution is 2.18. The second-order valence-electron chi connectivity index (χ2n) is 8.23. The summed E-state index contributed by atoms with van der Waals surface area (Å²) in [7, 11) is 0. The van der Waals surface area contributed by atoms with Gasteiger partial charge in [0.25, 0.3) is 0 Å².